The SMILES string of the molecule is Cn1cc(C#N)c(=O)c2cc(Br)ccc21. The molecule has 0 saturated heterocycles. The van der Waals surface area contributed by atoms with Gasteiger partial charge in [0.25, 0.3) is 0 Å². The van der Waals surface area contributed by atoms with Crippen LogP contribution in [0.2, 0.25) is 0 Å². The molecule has 0 amide bonds. The minimum absolute atomic E-state index is 0.170. The van der Waals surface area contributed by atoms with E-state index in [4.69, 9.17) is 5.26 Å². The molecule has 2 aromatic rings. The number of aromatic nitrogens is 1. The Hall–Kier alpha value is -1.60. The monoisotopic (exact) mass is 262 g/mol. The molecule has 0 aliphatic heterocycles. The van der Waals surface area contributed by atoms with Gasteiger partial charge in [-0.25, -0.2) is 0 Å². The van der Waals surface area contributed by atoms with E-state index in [1.165, 1.54) is 0 Å². The number of aryl methyl sites for hydroxylation is 1. The predicted octanol–water partition coefficient (Wildman–Crippen LogP) is 2.17. The lowest BCUT2D eigenvalue weighted by Gasteiger charge is -2.05. The van der Waals surface area contributed by atoms with E-state index >= 15 is 0 Å². The third-order valence-corrected chi connectivity index (χ3v) is 2.76. The normalized spacial score (nSPS) is 10.2. The minimum atomic E-state index is -0.216. The Morgan fingerprint density at radius 1 is 1.47 bits per heavy atom. The van der Waals surface area contributed by atoms with Gasteiger partial charge in [0.05, 0.1) is 5.52 Å². The number of halogens is 1. The van der Waals surface area contributed by atoms with E-state index in [9.17, 15) is 4.79 Å². The van der Waals surface area contributed by atoms with Crippen molar-refractivity contribution in [3.05, 3.63) is 44.7 Å². The van der Waals surface area contributed by atoms with Crippen LogP contribution >= 0.6 is 15.9 Å². The maximum atomic E-state index is 11.8. The molecule has 1 aromatic carbocycles. The van der Waals surface area contributed by atoms with Crippen molar-refractivity contribution in [3.8, 4) is 6.07 Å². The molecule has 0 saturated carbocycles. The van der Waals surface area contributed by atoms with E-state index in [2.05, 4.69) is 15.9 Å². The van der Waals surface area contributed by atoms with E-state index in [-0.39, 0.29) is 11.0 Å². The summed E-state index contributed by atoms with van der Waals surface area (Å²) in [6, 6.07) is 7.35. The molecule has 2 rings (SSSR count). The van der Waals surface area contributed by atoms with Gasteiger partial charge in [0.15, 0.2) is 0 Å². The fraction of sp³-hybridized carbons (Fsp3) is 0.0909. The number of hydrogen-bond donors (Lipinski definition) is 0. The highest BCUT2D eigenvalue weighted by Gasteiger charge is 2.06. The molecular formula is C11H7BrN2O. The highest BCUT2D eigenvalue weighted by atomic mass is 79.9. The quantitative estimate of drug-likeness (QED) is 0.731. The van der Waals surface area contributed by atoms with E-state index < -0.39 is 0 Å². The van der Waals surface area contributed by atoms with Crippen molar-refractivity contribution in [3.63, 3.8) is 0 Å². The Kier molecular flexibility index (Phi) is 2.33. The molecular weight excluding hydrogens is 256 g/mol. The van der Waals surface area contributed by atoms with Crippen LogP contribution in [0.4, 0.5) is 0 Å². The summed E-state index contributed by atoms with van der Waals surface area (Å²) in [6.07, 6.45) is 1.55. The average Bonchev–Trinajstić information content (AvgIpc) is 2.23. The van der Waals surface area contributed by atoms with Gasteiger partial charge >= 0.3 is 0 Å². The summed E-state index contributed by atoms with van der Waals surface area (Å²) < 4.78 is 2.61. The van der Waals surface area contributed by atoms with Gasteiger partial charge in [-0.3, -0.25) is 4.79 Å². The molecule has 0 aliphatic rings. The number of nitriles is 1. The summed E-state index contributed by atoms with van der Waals surface area (Å²) in [5, 5.41) is 9.36. The van der Waals surface area contributed by atoms with E-state index in [0.717, 1.165) is 9.99 Å². The molecule has 0 aliphatic carbocycles. The molecule has 15 heavy (non-hydrogen) atoms. The van der Waals surface area contributed by atoms with Gasteiger partial charge in [0.2, 0.25) is 5.43 Å². The van der Waals surface area contributed by atoms with Gasteiger partial charge < -0.3 is 4.57 Å². The van der Waals surface area contributed by atoms with E-state index in [1.807, 2.05) is 25.2 Å². The molecule has 3 nitrogen and oxygen atoms in total. The van der Waals surface area contributed by atoms with E-state index in [1.54, 1.807) is 16.8 Å². The van der Waals surface area contributed by atoms with E-state index in [0.29, 0.717) is 5.39 Å². The van der Waals surface area contributed by atoms with Crippen LogP contribution in [0.5, 0.6) is 0 Å². The summed E-state index contributed by atoms with van der Waals surface area (Å²) in [4.78, 5) is 11.8. The van der Waals surface area contributed by atoms with Crippen LogP contribution in [0, 0.1) is 11.3 Å². The lowest BCUT2D eigenvalue weighted by Crippen LogP contribution is -2.10. The van der Waals surface area contributed by atoms with Crippen LogP contribution in [0.25, 0.3) is 10.9 Å². The summed E-state index contributed by atoms with van der Waals surface area (Å²) >= 11 is 3.31. The van der Waals surface area contributed by atoms with Crippen LogP contribution < -0.4 is 5.43 Å². The van der Waals surface area contributed by atoms with Crippen LogP contribution in [0.1, 0.15) is 5.56 Å². The minimum Gasteiger partial charge on any atom is -0.349 e. The number of rotatable bonds is 0. The highest BCUT2D eigenvalue weighted by molar-refractivity contribution is 9.10. The van der Waals surface area contributed by atoms with Crippen molar-refractivity contribution in [2.75, 3.05) is 0 Å². The lowest BCUT2D eigenvalue weighted by molar-refractivity contribution is 0.945. The average molecular weight is 263 g/mol. The van der Waals surface area contributed by atoms with Gasteiger partial charge in [0.1, 0.15) is 11.6 Å². The third-order valence-electron chi connectivity index (χ3n) is 2.27. The molecule has 0 fully saturated rings. The highest BCUT2D eigenvalue weighted by Crippen LogP contribution is 2.16. The standard InChI is InChI=1S/C11H7BrN2O/c1-14-6-7(5-13)11(15)9-4-8(12)2-3-10(9)14/h2-4,6H,1H3. The molecule has 1 heterocycles. The first-order chi connectivity index (χ1) is 7.13. The first-order valence-corrected chi connectivity index (χ1v) is 5.12. The second kappa shape index (κ2) is 3.52. The maximum absolute atomic E-state index is 11.8. The fourth-order valence-electron chi connectivity index (χ4n) is 1.54. The molecule has 74 valence electrons. The molecule has 0 radical (unpaired) electrons. The van der Waals surface area contributed by atoms with Crippen molar-refractivity contribution < 1.29 is 0 Å². The van der Waals surface area contributed by atoms with Gasteiger partial charge in [-0.1, -0.05) is 15.9 Å². The summed E-state index contributed by atoms with van der Waals surface area (Å²) in [5.41, 5.74) is 0.775. The molecule has 0 unspecified atom stereocenters. The molecule has 0 bridgehead atoms. The topological polar surface area (TPSA) is 45.8 Å². The van der Waals surface area contributed by atoms with Crippen LogP contribution in [0.3, 0.4) is 0 Å². The van der Waals surface area contributed by atoms with Gasteiger partial charge in [-0.2, -0.15) is 5.26 Å². The largest absolute Gasteiger partial charge is 0.349 e. The van der Waals surface area contributed by atoms with Crippen molar-refractivity contribution >= 4 is 26.8 Å². The number of nitrogens with zero attached hydrogens (tertiary/aromatic N) is 2. The van der Waals surface area contributed by atoms with Crippen molar-refractivity contribution in [2.45, 2.75) is 0 Å². The van der Waals surface area contributed by atoms with Gasteiger partial charge in [0, 0.05) is 23.1 Å². The lowest BCUT2D eigenvalue weighted by atomic mass is 10.1. The number of fused-ring (bicyclic) bond motifs is 1. The molecule has 0 spiro atoms. The molecule has 0 atom stereocenters. The molecule has 1 aromatic heterocycles. The number of pyridine rings is 1. The Morgan fingerprint density at radius 3 is 2.87 bits per heavy atom. The second-order valence-electron chi connectivity index (χ2n) is 3.26. The zero-order valence-corrected chi connectivity index (χ0v) is 9.58. The first kappa shape index (κ1) is 9.94. The van der Waals surface area contributed by atoms with Crippen LogP contribution in [-0.4, -0.2) is 4.57 Å². The van der Waals surface area contributed by atoms with Crippen LogP contribution in [-0.2, 0) is 7.05 Å². The number of hydrogen-bond acceptors (Lipinski definition) is 2. The smallest absolute Gasteiger partial charge is 0.207 e. The Labute approximate surface area is 94.7 Å². The van der Waals surface area contributed by atoms with Crippen molar-refractivity contribution in [2.24, 2.45) is 7.05 Å². The molecule has 0 N–H and O–H groups in total. The maximum Gasteiger partial charge on any atom is 0.207 e. The summed E-state index contributed by atoms with van der Waals surface area (Å²) in [7, 11) is 1.82. The zero-order valence-electron chi connectivity index (χ0n) is 7.99. The first-order valence-electron chi connectivity index (χ1n) is 4.32. The number of benzene rings is 1. The zero-order chi connectivity index (χ0) is 11.0. The Balaban J connectivity index is 3.03. The van der Waals surface area contributed by atoms with Gasteiger partial charge in [-0.05, 0) is 18.2 Å². The Bertz CT molecular complexity index is 637. The fourth-order valence-corrected chi connectivity index (χ4v) is 1.91. The van der Waals surface area contributed by atoms with Crippen LogP contribution in [0.15, 0.2) is 33.7 Å². The molecule has 4 heteroatoms. The third kappa shape index (κ3) is 1.55. The van der Waals surface area contributed by atoms with Crippen molar-refractivity contribution in [1.29, 1.82) is 5.26 Å². The second-order valence-corrected chi connectivity index (χ2v) is 4.17. The Morgan fingerprint density at radius 2 is 2.20 bits per heavy atom. The summed E-state index contributed by atoms with van der Waals surface area (Å²) in [5.74, 6) is 0. The summed E-state index contributed by atoms with van der Waals surface area (Å²) in [6.45, 7) is 0. The van der Waals surface area contributed by atoms with Gasteiger partial charge in [-0.15, -0.1) is 0 Å². The predicted molar refractivity (Wildman–Crippen MR) is 61.6 cm³/mol. The van der Waals surface area contributed by atoms with Crippen molar-refractivity contribution in [1.82, 2.24) is 4.57 Å².